The molecule has 182 valence electrons. The lowest BCUT2D eigenvalue weighted by molar-refractivity contribution is -0.117. The molecule has 0 bridgehead atoms. The molecular formula is C24H25FN6O3S. The van der Waals surface area contributed by atoms with Gasteiger partial charge < -0.3 is 20.9 Å². The summed E-state index contributed by atoms with van der Waals surface area (Å²) in [6.07, 6.45) is 2.85. The summed E-state index contributed by atoms with van der Waals surface area (Å²) < 4.78 is 37.8. The van der Waals surface area contributed by atoms with Crippen LogP contribution < -0.4 is 20.9 Å². The second-order valence-corrected chi connectivity index (χ2v) is 10.9. The number of halogens is 1. The number of hydrogen-bond donors (Lipinski definition) is 3. The summed E-state index contributed by atoms with van der Waals surface area (Å²) in [5, 5.41) is 8.89. The van der Waals surface area contributed by atoms with Gasteiger partial charge in [0.05, 0.1) is 29.1 Å². The SMILES string of the molecule is O=C(Nc1ccccc1Nc1nc(Nc2ccc(N3CCS(=O)(=O)CC3)cc2)ncc1F)C1CC1. The molecule has 2 aliphatic rings. The predicted octanol–water partition coefficient (Wildman–Crippen LogP) is 3.69. The van der Waals surface area contributed by atoms with Crippen molar-refractivity contribution < 1.29 is 17.6 Å². The zero-order chi connectivity index (χ0) is 24.4. The Hall–Kier alpha value is -3.73. The van der Waals surface area contributed by atoms with E-state index in [4.69, 9.17) is 0 Å². The fraction of sp³-hybridized carbons (Fsp3) is 0.292. The average molecular weight is 497 g/mol. The lowest BCUT2D eigenvalue weighted by Crippen LogP contribution is -2.40. The second kappa shape index (κ2) is 9.49. The van der Waals surface area contributed by atoms with Gasteiger partial charge in [-0.2, -0.15) is 4.98 Å². The van der Waals surface area contributed by atoms with Crippen LogP contribution in [0, 0.1) is 11.7 Å². The molecule has 1 aromatic heterocycles. The lowest BCUT2D eigenvalue weighted by Gasteiger charge is -2.28. The van der Waals surface area contributed by atoms with Crippen molar-refractivity contribution in [2.24, 2.45) is 5.92 Å². The van der Waals surface area contributed by atoms with Crippen molar-refractivity contribution in [1.29, 1.82) is 0 Å². The minimum Gasteiger partial charge on any atom is -0.369 e. The first kappa shape index (κ1) is 23.0. The van der Waals surface area contributed by atoms with Crippen molar-refractivity contribution in [2.45, 2.75) is 12.8 Å². The largest absolute Gasteiger partial charge is 0.369 e. The Morgan fingerprint density at radius 3 is 2.34 bits per heavy atom. The van der Waals surface area contributed by atoms with Crippen molar-refractivity contribution >= 4 is 50.3 Å². The highest BCUT2D eigenvalue weighted by atomic mass is 32.2. The Balaban J connectivity index is 1.27. The standard InChI is InChI=1S/C24H25FN6O3S/c25-19-15-26-24(27-17-7-9-18(10-8-17)31-11-13-35(33,34)14-12-31)30-22(19)28-20-3-1-2-4-21(20)29-23(32)16-5-6-16/h1-4,7-10,15-16H,5-6,11-14H2,(H,29,32)(H2,26,27,28,30). The van der Waals surface area contributed by atoms with Gasteiger partial charge >= 0.3 is 0 Å². The normalized spacial score (nSPS) is 17.0. The zero-order valence-corrected chi connectivity index (χ0v) is 19.7. The van der Waals surface area contributed by atoms with Crippen molar-refractivity contribution in [1.82, 2.24) is 9.97 Å². The molecule has 3 aromatic rings. The topological polar surface area (TPSA) is 116 Å². The number of aromatic nitrogens is 2. The average Bonchev–Trinajstić information content (AvgIpc) is 3.69. The van der Waals surface area contributed by atoms with Crippen LogP contribution in [-0.4, -0.2) is 48.9 Å². The van der Waals surface area contributed by atoms with Crippen LogP contribution in [0.1, 0.15) is 12.8 Å². The van der Waals surface area contributed by atoms with Gasteiger partial charge in [-0.1, -0.05) is 12.1 Å². The van der Waals surface area contributed by atoms with Gasteiger partial charge in [-0.15, -0.1) is 0 Å². The maximum absolute atomic E-state index is 14.5. The first-order valence-corrected chi connectivity index (χ1v) is 13.2. The highest BCUT2D eigenvalue weighted by molar-refractivity contribution is 7.91. The molecule has 9 nitrogen and oxygen atoms in total. The molecule has 1 saturated carbocycles. The summed E-state index contributed by atoms with van der Waals surface area (Å²) >= 11 is 0. The number of nitrogens with zero attached hydrogens (tertiary/aromatic N) is 3. The van der Waals surface area contributed by atoms with E-state index in [-0.39, 0.29) is 35.1 Å². The minimum atomic E-state index is -2.94. The van der Waals surface area contributed by atoms with Crippen molar-refractivity contribution in [3.8, 4) is 0 Å². The van der Waals surface area contributed by atoms with Gasteiger partial charge in [0.2, 0.25) is 11.9 Å². The number of benzene rings is 2. The van der Waals surface area contributed by atoms with E-state index < -0.39 is 15.7 Å². The first-order valence-electron chi connectivity index (χ1n) is 11.4. The predicted molar refractivity (Wildman–Crippen MR) is 134 cm³/mol. The number of amides is 1. The molecule has 0 atom stereocenters. The number of rotatable bonds is 7. The van der Waals surface area contributed by atoms with E-state index in [2.05, 4.69) is 25.9 Å². The molecule has 3 N–H and O–H groups in total. The molecule has 2 fully saturated rings. The van der Waals surface area contributed by atoms with E-state index in [0.717, 1.165) is 24.7 Å². The summed E-state index contributed by atoms with van der Waals surface area (Å²) in [6, 6.07) is 14.5. The Bertz CT molecular complexity index is 1330. The summed E-state index contributed by atoms with van der Waals surface area (Å²) in [5.41, 5.74) is 2.71. The molecule has 35 heavy (non-hydrogen) atoms. The quantitative estimate of drug-likeness (QED) is 0.454. The summed E-state index contributed by atoms with van der Waals surface area (Å²) in [4.78, 5) is 22.5. The van der Waals surface area contributed by atoms with Crippen LogP contribution in [0.4, 0.5) is 38.9 Å². The van der Waals surface area contributed by atoms with Gasteiger partial charge in [0.25, 0.3) is 0 Å². The third-order valence-electron chi connectivity index (χ3n) is 5.96. The molecule has 2 aromatic carbocycles. The lowest BCUT2D eigenvalue weighted by atomic mass is 10.2. The van der Waals surface area contributed by atoms with Crippen molar-refractivity contribution in [3.05, 3.63) is 60.5 Å². The molecule has 2 heterocycles. The Morgan fingerprint density at radius 1 is 0.971 bits per heavy atom. The van der Waals surface area contributed by atoms with Crippen molar-refractivity contribution in [3.63, 3.8) is 0 Å². The van der Waals surface area contributed by atoms with E-state index in [1.165, 1.54) is 0 Å². The molecule has 5 rings (SSSR count). The smallest absolute Gasteiger partial charge is 0.229 e. The molecule has 11 heteroatoms. The van der Waals surface area contributed by atoms with E-state index in [1.54, 1.807) is 24.3 Å². The van der Waals surface area contributed by atoms with Gasteiger partial charge in [-0.25, -0.2) is 17.8 Å². The number of carbonyl (C=O) groups is 1. The van der Waals surface area contributed by atoms with Crippen LogP contribution in [-0.2, 0) is 14.6 Å². The van der Waals surface area contributed by atoms with E-state index in [1.807, 2.05) is 29.2 Å². The fourth-order valence-corrected chi connectivity index (χ4v) is 4.98. The number of hydrogen-bond acceptors (Lipinski definition) is 8. The van der Waals surface area contributed by atoms with Crippen LogP contribution in [0.5, 0.6) is 0 Å². The fourth-order valence-electron chi connectivity index (χ4n) is 3.78. The van der Waals surface area contributed by atoms with Crippen LogP contribution in [0.2, 0.25) is 0 Å². The zero-order valence-electron chi connectivity index (χ0n) is 18.9. The number of carbonyl (C=O) groups excluding carboxylic acids is 1. The molecule has 0 radical (unpaired) electrons. The van der Waals surface area contributed by atoms with Gasteiger partial charge in [-0.3, -0.25) is 4.79 Å². The molecular weight excluding hydrogens is 471 g/mol. The van der Waals surface area contributed by atoms with Crippen LogP contribution in [0.3, 0.4) is 0 Å². The molecule has 1 aliphatic carbocycles. The molecule has 0 unspecified atom stereocenters. The van der Waals surface area contributed by atoms with E-state index in [9.17, 15) is 17.6 Å². The molecule has 1 aliphatic heterocycles. The van der Waals surface area contributed by atoms with Crippen molar-refractivity contribution in [2.75, 3.05) is 45.4 Å². The van der Waals surface area contributed by atoms with E-state index in [0.29, 0.717) is 30.2 Å². The maximum atomic E-state index is 14.5. The van der Waals surface area contributed by atoms with Gasteiger partial charge in [0.15, 0.2) is 21.5 Å². The van der Waals surface area contributed by atoms with Crippen LogP contribution in [0.15, 0.2) is 54.7 Å². The first-order chi connectivity index (χ1) is 16.9. The Morgan fingerprint density at radius 2 is 1.66 bits per heavy atom. The summed E-state index contributed by atoms with van der Waals surface area (Å²) in [7, 11) is -2.94. The van der Waals surface area contributed by atoms with Gasteiger partial charge in [0, 0.05) is 30.4 Å². The van der Waals surface area contributed by atoms with Gasteiger partial charge in [0.1, 0.15) is 0 Å². The maximum Gasteiger partial charge on any atom is 0.229 e. The number of nitrogens with one attached hydrogen (secondary N) is 3. The van der Waals surface area contributed by atoms with Gasteiger partial charge in [-0.05, 0) is 49.2 Å². The van der Waals surface area contributed by atoms with E-state index >= 15 is 0 Å². The number of para-hydroxylation sites is 2. The molecule has 1 saturated heterocycles. The Kier molecular flexibility index (Phi) is 6.25. The minimum absolute atomic E-state index is 0.0261. The van der Waals surface area contributed by atoms with Crippen LogP contribution in [0.25, 0.3) is 0 Å². The highest BCUT2D eigenvalue weighted by Crippen LogP contribution is 2.32. The highest BCUT2D eigenvalue weighted by Gasteiger charge is 2.30. The number of sulfone groups is 1. The second-order valence-electron chi connectivity index (χ2n) is 8.64. The third kappa shape index (κ3) is 5.68. The molecule has 0 spiro atoms. The Labute approximate surface area is 202 Å². The summed E-state index contributed by atoms with van der Waals surface area (Å²) in [5.74, 6) is -0.149. The third-order valence-corrected chi connectivity index (χ3v) is 7.57. The summed E-state index contributed by atoms with van der Waals surface area (Å²) in [6.45, 7) is 0.932. The molecule has 1 amide bonds. The monoisotopic (exact) mass is 496 g/mol. The number of anilines is 6. The van der Waals surface area contributed by atoms with Crippen LogP contribution >= 0.6 is 0 Å².